The Morgan fingerprint density at radius 3 is 2.37 bits per heavy atom. The van der Waals surface area contributed by atoms with Crippen LogP contribution >= 0.6 is 0 Å². The van der Waals surface area contributed by atoms with Crippen molar-refractivity contribution in [2.45, 2.75) is 58.1 Å². The fraction of sp³-hybridized carbons (Fsp3) is 0.435. The molecule has 0 aromatic heterocycles. The number of hydrogen-bond donors (Lipinski definition) is 1. The first-order chi connectivity index (χ1) is 13.1. The quantitative estimate of drug-likeness (QED) is 0.777. The van der Waals surface area contributed by atoms with Gasteiger partial charge in [-0.1, -0.05) is 25.1 Å². The molecule has 0 bridgehead atoms. The number of ether oxygens (including phenoxy) is 2. The van der Waals surface area contributed by atoms with Crippen molar-refractivity contribution in [1.82, 2.24) is 5.32 Å². The molecule has 0 radical (unpaired) electrons. The Bertz CT molecular complexity index is 770. The molecule has 2 aromatic rings. The molecule has 0 fully saturated rings. The number of carbonyl (C=O) groups excluding carboxylic acids is 1. The number of hydrogen-bond acceptors (Lipinski definition) is 3. The average molecular weight is 367 g/mol. The van der Waals surface area contributed by atoms with Crippen molar-refractivity contribution in [1.29, 1.82) is 0 Å². The van der Waals surface area contributed by atoms with Crippen molar-refractivity contribution in [3.05, 3.63) is 59.2 Å². The maximum absolute atomic E-state index is 12.7. The Labute approximate surface area is 161 Å². The van der Waals surface area contributed by atoms with Gasteiger partial charge in [-0.15, -0.1) is 0 Å². The van der Waals surface area contributed by atoms with Crippen molar-refractivity contribution in [2.75, 3.05) is 7.11 Å². The molecule has 0 aliphatic heterocycles. The molecule has 1 aliphatic rings. The first kappa shape index (κ1) is 19.3. The summed E-state index contributed by atoms with van der Waals surface area (Å²) in [5.74, 6) is 1.51. The van der Waals surface area contributed by atoms with Crippen LogP contribution in [-0.2, 0) is 17.6 Å². The molecular weight excluding hydrogens is 338 g/mol. The molecule has 4 heteroatoms. The van der Waals surface area contributed by atoms with E-state index in [-0.39, 0.29) is 11.9 Å². The second-order valence-electron chi connectivity index (χ2n) is 7.16. The summed E-state index contributed by atoms with van der Waals surface area (Å²) in [6.07, 6.45) is 4.87. The molecule has 0 saturated carbocycles. The van der Waals surface area contributed by atoms with Gasteiger partial charge in [0.05, 0.1) is 13.2 Å². The molecular formula is C23H29NO3. The summed E-state index contributed by atoms with van der Waals surface area (Å²) < 4.78 is 11.2. The lowest BCUT2D eigenvalue weighted by Crippen LogP contribution is -2.39. The molecule has 1 N–H and O–H groups in total. The normalized spacial score (nSPS) is 15.4. The smallest absolute Gasteiger partial charge is 0.261 e. The molecule has 1 aliphatic carbocycles. The largest absolute Gasteiger partial charge is 0.497 e. The SMILES string of the molecule is CC[C@H](Oc1ccc2c(c1)CCCC2)C(=O)N[C@H](C)c1ccc(OC)cc1. The van der Waals surface area contributed by atoms with E-state index < -0.39 is 6.10 Å². The van der Waals surface area contributed by atoms with E-state index in [1.54, 1.807) is 7.11 Å². The summed E-state index contributed by atoms with van der Waals surface area (Å²) in [6, 6.07) is 13.9. The summed E-state index contributed by atoms with van der Waals surface area (Å²) in [7, 11) is 1.64. The topological polar surface area (TPSA) is 47.6 Å². The van der Waals surface area contributed by atoms with Crippen LogP contribution in [0, 0.1) is 0 Å². The number of nitrogens with one attached hydrogen (secondary N) is 1. The molecule has 4 nitrogen and oxygen atoms in total. The third kappa shape index (κ3) is 4.82. The Morgan fingerprint density at radius 2 is 1.70 bits per heavy atom. The lowest BCUT2D eigenvalue weighted by atomic mass is 9.92. The maximum Gasteiger partial charge on any atom is 0.261 e. The van der Waals surface area contributed by atoms with Gasteiger partial charge < -0.3 is 14.8 Å². The van der Waals surface area contributed by atoms with Gasteiger partial charge in [-0.25, -0.2) is 0 Å². The van der Waals surface area contributed by atoms with E-state index >= 15 is 0 Å². The van der Waals surface area contributed by atoms with Gasteiger partial charge in [0.25, 0.3) is 5.91 Å². The van der Waals surface area contributed by atoms with E-state index in [0.29, 0.717) is 6.42 Å². The van der Waals surface area contributed by atoms with Crippen molar-refractivity contribution < 1.29 is 14.3 Å². The molecule has 1 amide bonds. The minimum Gasteiger partial charge on any atom is -0.497 e. The zero-order valence-electron chi connectivity index (χ0n) is 16.5. The third-order valence-electron chi connectivity index (χ3n) is 5.24. The van der Waals surface area contributed by atoms with Gasteiger partial charge in [0.2, 0.25) is 0 Å². The molecule has 0 spiro atoms. The van der Waals surface area contributed by atoms with Crippen molar-refractivity contribution in [3.63, 3.8) is 0 Å². The Kier molecular flexibility index (Phi) is 6.38. The van der Waals surface area contributed by atoms with Crippen LogP contribution in [0.25, 0.3) is 0 Å². The fourth-order valence-electron chi connectivity index (χ4n) is 3.55. The van der Waals surface area contributed by atoms with Crippen LogP contribution in [0.2, 0.25) is 0 Å². The summed E-state index contributed by atoms with van der Waals surface area (Å²) in [4.78, 5) is 12.7. The zero-order chi connectivity index (χ0) is 19.2. The highest BCUT2D eigenvalue weighted by molar-refractivity contribution is 5.81. The summed E-state index contributed by atoms with van der Waals surface area (Å²) in [5, 5.41) is 3.06. The number of fused-ring (bicyclic) bond motifs is 1. The summed E-state index contributed by atoms with van der Waals surface area (Å²) in [6.45, 7) is 3.95. The highest BCUT2D eigenvalue weighted by atomic mass is 16.5. The van der Waals surface area contributed by atoms with Crippen LogP contribution in [0.5, 0.6) is 11.5 Å². The Hall–Kier alpha value is -2.49. The van der Waals surface area contributed by atoms with Gasteiger partial charge in [0.1, 0.15) is 11.5 Å². The highest BCUT2D eigenvalue weighted by Crippen LogP contribution is 2.26. The van der Waals surface area contributed by atoms with Crippen LogP contribution in [0.15, 0.2) is 42.5 Å². The van der Waals surface area contributed by atoms with E-state index in [4.69, 9.17) is 9.47 Å². The number of amides is 1. The van der Waals surface area contributed by atoms with Gasteiger partial charge >= 0.3 is 0 Å². The van der Waals surface area contributed by atoms with Crippen LogP contribution < -0.4 is 14.8 Å². The monoisotopic (exact) mass is 367 g/mol. The number of rotatable bonds is 7. The number of aryl methyl sites for hydroxylation is 2. The van der Waals surface area contributed by atoms with Crippen LogP contribution in [-0.4, -0.2) is 19.1 Å². The molecule has 27 heavy (non-hydrogen) atoms. The minimum atomic E-state index is -0.493. The van der Waals surface area contributed by atoms with E-state index in [1.807, 2.05) is 44.2 Å². The van der Waals surface area contributed by atoms with E-state index in [1.165, 1.54) is 24.0 Å². The van der Waals surface area contributed by atoms with E-state index in [9.17, 15) is 4.79 Å². The summed E-state index contributed by atoms with van der Waals surface area (Å²) in [5.41, 5.74) is 3.81. The predicted octanol–water partition coefficient (Wildman–Crippen LogP) is 4.61. The number of methoxy groups -OCH3 is 1. The first-order valence-electron chi connectivity index (χ1n) is 9.83. The van der Waals surface area contributed by atoms with Crippen LogP contribution in [0.4, 0.5) is 0 Å². The lowest BCUT2D eigenvalue weighted by molar-refractivity contribution is -0.128. The molecule has 2 atom stereocenters. The van der Waals surface area contributed by atoms with Gasteiger partial charge in [0.15, 0.2) is 6.10 Å². The Morgan fingerprint density at radius 1 is 1.04 bits per heavy atom. The fourth-order valence-corrected chi connectivity index (χ4v) is 3.55. The van der Waals surface area contributed by atoms with Gasteiger partial charge in [-0.2, -0.15) is 0 Å². The van der Waals surface area contributed by atoms with Gasteiger partial charge in [-0.05, 0) is 80.0 Å². The zero-order valence-corrected chi connectivity index (χ0v) is 16.5. The van der Waals surface area contributed by atoms with E-state index in [0.717, 1.165) is 29.9 Å². The van der Waals surface area contributed by atoms with E-state index in [2.05, 4.69) is 17.4 Å². The second kappa shape index (κ2) is 8.94. The summed E-state index contributed by atoms with van der Waals surface area (Å²) >= 11 is 0. The predicted molar refractivity (Wildman–Crippen MR) is 107 cm³/mol. The van der Waals surface area contributed by atoms with Gasteiger partial charge in [-0.3, -0.25) is 4.79 Å². The molecule has 2 aromatic carbocycles. The second-order valence-corrected chi connectivity index (χ2v) is 7.16. The average Bonchev–Trinajstić information content (AvgIpc) is 2.71. The standard InChI is InChI=1S/C23H29NO3/c1-4-22(27-21-14-11-18-7-5-6-8-19(18)15-21)23(25)24-16(2)17-9-12-20(26-3)13-10-17/h9-16,22H,4-8H2,1-3H3,(H,24,25)/t16-,22+/m1/s1. The third-order valence-corrected chi connectivity index (χ3v) is 5.24. The first-order valence-corrected chi connectivity index (χ1v) is 9.83. The number of benzene rings is 2. The van der Waals surface area contributed by atoms with Crippen LogP contribution in [0.3, 0.4) is 0 Å². The number of carbonyl (C=O) groups is 1. The maximum atomic E-state index is 12.7. The van der Waals surface area contributed by atoms with Gasteiger partial charge in [0, 0.05) is 0 Å². The minimum absolute atomic E-state index is 0.0847. The lowest BCUT2D eigenvalue weighted by Gasteiger charge is -2.22. The molecule has 0 saturated heterocycles. The molecule has 144 valence electrons. The molecule has 3 rings (SSSR count). The van der Waals surface area contributed by atoms with Crippen molar-refractivity contribution in [3.8, 4) is 11.5 Å². The van der Waals surface area contributed by atoms with Crippen molar-refractivity contribution in [2.24, 2.45) is 0 Å². The highest BCUT2D eigenvalue weighted by Gasteiger charge is 2.21. The van der Waals surface area contributed by atoms with Crippen LogP contribution in [0.1, 0.15) is 55.8 Å². The van der Waals surface area contributed by atoms with Crippen molar-refractivity contribution >= 4 is 5.91 Å². The molecule has 0 heterocycles. The molecule has 0 unspecified atom stereocenters. The Balaban J connectivity index is 1.63.